The van der Waals surface area contributed by atoms with Crippen molar-refractivity contribution in [1.82, 2.24) is 9.97 Å². The second-order valence-corrected chi connectivity index (χ2v) is 5.14. The molecule has 0 amide bonds. The quantitative estimate of drug-likeness (QED) is 0.784. The van der Waals surface area contributed by atoms with E-state index in [-0.39, 0.29) is 5.95 Å². The van der Waals surface area contributed by atoms with Crippen LogP contribution in [0.3, 0.4) is 0 Å². The molecule has 0 saturated heterocycles. The van der Waals surface area contributed by atoms with E-state index in [0.717, 1.165) is 4.47 Å². The predicted molar refractivity (Wildman–Crippen MR) is 76.0 cm³/mol. The lowest BCUT2D eigenvalue weighted by Gasteiger charge is -2.12. The molecule has 0 unspecified atom stereocenters. The summed E-state index contributed by atoms with van der Waals surface area (Å²) in [6.07, 6.45) is -3.96. The van der Waals surface area contributed by atoms with E-state index in [1.54, 1.807) is 18.2 Å². The van der Waals surface area contributed by atoms with Crippen molar-refractivity contribution < 1.29 is 17.9 Å². The third-order valence-corrected chi connectivity index (χ3v) is 3.24. The number of hydrogen-bond acceptors (Lipinski definition) is 4. The number of hydrogen-bond donors (Lipinski definition) is 1. The minimum absolute atomic E-state index is 0.0615. The fourth-order valence-electron chi connectivity index (χ4n) is 1.50. The van der Waals surface area contributed by atoms with Crippen LogP contribution >= 0.6 is 27.5 Å². The second-order valence-electron chi connectivity index (χ2n) is 3.87. The highest BCUT2D eigenvalue weighted by molar-refractivity contribution is 9.10. The van der Waals surface area contributed by atoms with Gasteiger partial charge in [0.25, 0.3) is 0 Å². The standard InChI is InChI=1S/C12H8BrClF3N3O/c1-21-9-4-6(13)2-3-8(9)19-11-18-5-7(10(14)20-11)12(15,16)17/h2-5H,1H3,(H,18,19,20). The highest BCUT2D eigenvalue weighted by Crippen LogP contribution is 2.34. The van der Waals surface area contributed by atoms with E-state index in [1.165, 1.54) is 7.11 Å². The molecule has 0 aliphatic heterocycles. The molecule has 1 N–H and O–H groups in total. The zero-order chi connectivity index (χ0) is 15.6. The fourth-order valence-corrected chi connectivity index (χ4v) is 2.08. The Morgan fingerprint density at radius 2 is 2.05 bits per heavy atom. The monoisotopic (exact) mass is 381 g/mol. The molecule has 21 heavy (non-hydrogen) atoms. The van der Waals surface area contributed by atoms with Crippen molar-refractivity contribution in [2.75, 3.05) is 12.4 Å². The van der Waals surface area contributed by atoms with Crippen molar-refractivity contribution >= 4 is 39.2 Å². The van der Waals surface area contributed by atoms with Crippen LogP contribution in [0.25, 0.3) is 0 Å². The summed E-state index contributed by atoms with van der Waals surface area (Å²) in [5.74, 6) is 0.414. The lowest BCUT2D eigenvalue weighted by Crippen LogP contribution is -2.09. The van der Waals surface area contributed by atoms with Crippen LogP contribution in [0.4, 0.5) is 24.8 Å². The van der Waals surface area contributed by atoms with E-state index < -0.39 is 16.9 Å². The van der Waals surface area contributed by atoms with E-state index in [0.29, 0.717) is 17.6 Å². The van der Waals surface area contributed by atoms with Crippen LogP contribution in [-0.4, -0.2) is 17.1 Å². The van der Waals surface area contributed by atoms with Crippen LogP contribution in [0.15, 0.2) is 28.9 Å². The molecule has 112 valence electrons. The van der Waals surface area contributed by atoms with Crippen molar-refractivity contribution in [3.05, 3.63) is 39.6 Å². The smallest absolute Gasteiger partial charge is 0.420 e. The third-order valence-electron chi connectivity index (χ3n) is 2.46. The number of rotatable bonds is 3. The van der Waals surface area contributed by atoms with Gasteiger partial charge in [-0.1, -0.05) is 27.5 Å². The molecule has 0 radical (unpaired) electrons. The minimum Gasteiger partial charge on any atom is -0.495 e. The van der Waals surface area contributed by atoms with E-state index in [1.807, 2.05) is 0 Å². The number of nitrogens with one attached hydrogen (secondary N) is 1. The molecule has 4 nitrogen and oxygen atoms in total. The van der Waals surface area contributed by atoms with Gasteiger partial charge in [-0.05, 0) is 18.2 Å². The number of ether oxygens (including phenoxy) is 1. The topological polar surface area (TPSA) is 47.0 Å². The summed E-state index contributed by atoms with van der Waals surface area (Å²) in [5.41, 5.74) is -0.589. The molecule has 1 aromatic carbocycles. The first-order valence-electron chi connectivity index (χ1n) is 5.51. The minimum atomic E-state index is -4.59. The van der Waals surface area contributed by atoms with Gasteiger partial charge in [0, 0.05) is 10.7 Å². The molecule has 0 spiro atoms. The summed E-state index contributed by atoms with van der Waals surface area (Å²) >= 11 is 8.81. The second kappa shape index (κ2) is 6.07. The summed E-state index contributed by atoms with van der Waals surface area (Å²) in [7, 11) is 1.47. The molecule has 0 bridgehead atoms. The number of aromatic nitrogens is 2. The summed E-state index contributed by atoms with van der Waals surface area (Å²) in [5, 5.41) is 2.08. The summed E-state index contributed by atoms with van der Waals surface area (Å²) in [4.78, 5) is 7.19. The molecule has 0 fully saturated rings. The van der Waals surface area contributed by atoms with Gasteiger partial charge in [0.2, 0.25) is 5.95 Å². The normalized spacial score (nSPS) is 11.3. The molecule has 2 aromatic rings. The molecule has 2 rings (SSSR count). The molecular formula is C12H8BrClF3N3O. The molecule has 0 saturated carbocycles. The van der Waals surface area contributed by atoms with Gasteiger partial charge < -0.3 is 10.1 Å². The van der Waals surface area contributed by atoms with E-state index >= 15 is 0 Å². The number of nitrogens with zero attached hydrogens (tertiary/aromatic N) is 2. The van der Waals surface area contributed by atoms with Gasteiger partial charge in [-0.3, -0.25) is 0 Å². The van der Waals surface area contributed by atoms with Gasteiger partial charge >= 0.3 is 6.18 Å². The van der Waals surface area contributed by atoms with Gasteiger partial charge in [-0.25, -0.2) is 9.97 Å². The Kier molecular flexibility index (Phi) is 4.58. The number of alkyl halides is 3. The van der Waals surface area contributed by atoms with Crippen LogP contribution in [0, 0.1) is 0 Å². The van der Waals surface area contributed by atoms with Crippen molar-refractivity contribution in [3.8, 4) is 5.75 Å². The van der Waals surface area contributed by atoms with Crippen LogP contribution in [-0.2, 0) is 6.18 Å². The maximum absolute atomic E-state index is 12.6. The number of anilines is 2. The van der Waals surface area contributed by atoms with Crippen LogP contribution in [0.1, 0.15) is 5.56 Å². The average Bonchev–Trinajstić information content (AvgIpc) is 2.39. The lowest BCUT2D eigenvalue weighted by atomic mass is 10.3. The Hall–Kier alpha value is -1.54. The molecule has 0 aliphatic carbocycles. The maximum Gasteiger partial charge on any atom is 0.420 e. The van der Waals surface area contributed by atoms with Crippen LogP contribution < -0.4 is 10.1 Å². The lowest BCUT2D eigenvalue weighted by molar-refractivity contribution is -0.137. The van der Waals surface area contributed by atoms with Crippen molar-refractivity contribution in [1.29, 1.82) is 0 Å². The predicted octanol–water partition coefficient (Wildman–Crippen LogP) is 4.66. The van der Waals surface area contributed by atoms with Crippen LogP contribution in [0.2, 0.25) is 5.15 Å². The van der Waals surface area contributed by atoms with Crippen molar-refractivity contribution in [2.24, 2.45) is 0 Å². The molecule has 9 heteroatoms. The summed E-state index contributed by atoms with van der Waals surface area (Å²) in [6, 6.07) is 5.09. The van der Waals surface area contributed by atoms with E-state index in [9.17, 15) is 13.2 Å². The Morgan fingerprint density at radius 1 is 1.33 bits per heavy atom. The Labute approximate surface area is 131 Å². The van der Waals surface area contributed by atoms with E-state index in [4.69, 9.17) is 16.3 Å². The highest BCUT2D eigenvalue weighted by atomic mass is 79.9. The molecular weight excluding hydrogens is 375 g/mol. The first kappa shape index (κ1) is 15.8. The van der Waals surface area contributed by atoms with Gasteiger partial charge in [-0.15, -0.1) is 0 Å². The SMILES string of the molecule is COc1cc(Br)ccc1Nc1ncc(C(F)(F)F)c(Cl)n1. The molecule has 0 atom stereocenters. The maximum atomic E-state index is 12.6. The zero-order valence-electron chi connectivity index (χ0n) is 10.5. The molecule has 0 aliphatic rings. The van der Waals surface area contributed by atoms with Crippen molar-refractivity contribution in [2.45, 2.75) is 6.18 Å². The van der Waals surface area contributed by atoms with Crippen molar-refractivity contribution in [3.63, 3.8) is 0 Å². The van der Waals surface area contributed by atoms with Gasteiger partial charge in [0.1, 0.15) is 16.5 Å². The largest absolute Gasteiger partial charge is 0.495 e. The fraction of sp³-hybridized carbons (Fsp3) is 0.167. The van der Waals surface area contributed by atoms with Crippen LogP contribution in [0.5, 0.6) is 5.75 Å². The summed E-state index contributed by atoms with van der Waals surface area (Å²) in [6.45, 7) is 0. The highest BCUT2D eigenvalue weighted by Gasteiger charge is 2.34. The number of methoxy groups -OCH3 is 1. The Bertz CT molecular complexity index is 667. The first-order chi connectivity index (χ1) is 9.81. The zero-order valence-corrected chi connectivity index (χ0v) is 12.8. The Morgan fingerprint density at radius 3 is 2.62 bits per heavy atom. The first-order valence-corrected chi connectivity index (χ1v) is 6.68. The molecule has 1 heterocycles. The average molecular weight is 383 g/mol. The summed E-state index contributed by atoms with van der Waals surface area (Å²) < 4.78 is 43.6. The third kappa shape index (κ3) is 3.76. The molecule has 1 aromatic heterocycles. The van der Waals surface area contributed by atoms with Gasteiger partial charge in [0.05, 0.1) is 12.8 Å². The van der Waals surface area contributed by atoms with E-state index in [2.05, 4.69) is 31.2 Å². The Balaban J connectivity index is 2.31. The van der Waals surface area contributed by atoms with Gasteiger partial charge in [-0.2, -0.15) is 13.2 Å². The number of halogens is 5. The number of benzene rings is 1. The van der Waals surface area contributed by atoms with Gasteiger partial charge in [0.15, 0.2) is 0 Å².